The number of carbonyl (C=O) groups excluding carboxylic acids is 1. The van der Waals surface area contributed by atoms with E-state index in [4.69, 9.17) is 19.4 Å². The first-order chi connectivity index (χ1) is 15.6. The van der Waals surface area contributed by atoms with E-state index in [-0.39, 0.29) is 12.4 Å². The van der Waals surface area contributed by atoms with Gasteiger partial charge in [0.05, 0.1) is 12.8 Å². The van der Waals surface area contributed by atoms with Gasteiger partial charge in [-0.2, -0.15) is 11.3 Å². The van der Waals surface area contributed by atoms with Crippen molar-refractivity contribution in [3.63, 3.8) is 0 Å². The Morgan fingerprint density at radius 2 is 2.06 bits per heavy atom. The SMILES string of the molecule is CCOC(=O)CCC(Oc1cc(OCc2ccsc2)ccc1C=NO)c1ccccc1C. The van der Waals surface area contributed by atoms with Crippen LogP contribution in [0.5, 0.6) is 11.5 Å². The van der Waals surface area contributed by atoms with Crippen molar-refractivity contribution >= 4 is 23.5 Å². The highest BCUT2D eigenvalue weighted by molar-refractivity contribution is 7.07. The number of oxime groups is 1. The maximum Gasteiger partial charge on any atom is 0.305 e. The maximum absolute atomic E-state index is 12.0. The van der Waals surface area contributed by atoms with Gasteiger partial charge in [-0.05, 0) is 65.9 Å². The summed E-state index contributed by atoms with van der Waals surface area (Å²) >= 11 is 1.62. The Bertz CT molecular complexity index is 1030. The molecule has 0 radical (unpaired) electrons. The van der Waals surface area contributed by atoms with Crippen molar-refractivity contribution in [1.29, 1.82) is 0 Å². The van der Waals surface area contributed by atoms with Gasteiger partial charge in [0.2, 0.25) is 0 Å². The van der Waals surface area contributed by atoms with Crippen molar-refractivity contribution in [3.05, 3.63) is 81.5 Å². The van der Waals surface area contributed by atoms with Gasteiger partial charge < -0.3 is 19.4 Å². The highest BCUT2D eigenvalue weighted by Crippen LogP contribution is 2.32. The molecule has 3 aromatic rings. The molecular formula is C25H27NO5S. The molecule has 3 rings (SSSR count). The minimum atomic E-state index is -0.390. The van der Waals surface area contributed by atoms with Gasteiger partial charge in [0, 0.05) is 18.1 Å². The lowest BCUT2D eigenvalue weighted by atomic mass is 9.99. The summed E-state index contributed by atoms with van der Waals surface area (Å²) in [6.07, 6.45) is 1.60. The van der Waals surface area contributed by atoms with Crippen molar-refractivity contribution in [2.75, 3.05) is 6.61 Å². The second-order valence-corrected chi connectivity index (χ2v) is 7.95. The van der Waals surface area contributed by atoms with Gasteiger partial charge in [0.1, 0.15) is 24.2 Å². The molecule has 1 atom stereocenters. The predicted octanol–water partition coefficient (Wildman–Crippen LogP) is 5.91. The first-order valence-electron chi connectivity index (χ1n) is 10.4. The Hall–Kier alpha value is -3.32. The predicted molar refractivity (Wildman–Crippen MR) is 125 cm³/mol. The minimum absolute atomic E-state index is 0.227. The van der Waals surface area contributed by atoms with Gasteiger partial charge in [-0.3, -0.25) is 4.79 Å². The molecule has 0 bridgehead atoms. The number of thiophene rings is 1. The highest BCUT2D eigenvalue weighted by atomic mass is 32.1. The first-order valence-corrected chi connectivity index (χ1v) is 11.4. The summed E-state index contributed by atoms with van der Waals surface area (Å²) in [6, 6.07) is 15.3. The van der Waals surface area contributed by atoms with Crippen molar-refractivity contribution < 1.29 is 24.2 Å². The molecule has 1 heterocycles. The number of esters is 1. The number of rotatable bonds is 11. The summed E-state index contributed by atoms with van der Waals surface area (Å²) in [5.41, 5.74) is 3.73. The summed E-state index contributed by atoms with van der Waals surface area (Å²) in [6.45, 7) is 4.58. The van der Waals surface area contributed by atoms with Crippen LogP contribution in [-0.4, -0.2) is 24.0 Å². The normalized spacial score (nSPS) is 11.9. The largest absolute Gasteiger partial charge is 0.489 e. The van der Waals surface area contributed by atoms with Crippen molar-refractivity contribution in [3.8, 4) is 11.5 Å². The van der Waals surface area contributed by atoms with Crippen LogP contribution in [0.4, 0.5) is 0 Å². The number of benzene rings is 2. The average molecular weight is 454 g/mol. The van der Waals surface area contributed by atoms with Gasteiger partial charge in [-0.25, -0.2) is 0 Å². The maximum atomic E-state index is 12.0. The molecule has 0 amide bonds. The number of hydrogen-bond acceptors (Lipinski definition) is 7. The topological polar surface area (TPSA) is 77.4 Å². The Balaban J connectivity index is 1.85. The molecule has 6 nitrogen and oxygen atoms in total. The van der Waals surface area contributed by atoms with E-state index < -0.39 is 6.10 Å². The fourth-order valence-electron chi connectivity index (χ4n) is 3.28. The molecule has 0 aliphatic heterocycles. The van der Waals surface area contributed by atoms with Crippen LogP contribution in [0.1, 0.15) is 48.1 Å². The first kappa shape index (κ1) is 23.3. The average Bonchev–Trinajstić information content (AvgIpc) is 3.31. The molecule has 1 aromatic heterocycles. The van der Waals surface area contributed by atoms with E-state index in [2.05, 4.69) is 5.16 Å². The second-order valence-electron chi connectivity index (χ2n) is 7.17. The van der Waals surface area contributed by atoms with E-state index in [1.807, 2.05) is 48.0 Å². The zero-order chi connectivity index (χ0) is 22.8. The molecule has 0 aliphatic rings. The molecule has 168 valence electrons. The smallest absolute Gasteiger partial charge is 0.305 e. The third-order valence-corrected chi connectivity index (χ3v) is 5.62. The van der Waals surface area contributed by atoms with Gasteiger partial charge in [-0.1, -0.05) is 29.4 Å². The lowest BCUT2D eigenvalue weighted by Gasteiger charge is -2.22. The summed E-state index contributed by atoms with van der Waals surface area (Å²) in [5.74, 6) is 0.873. The fraction of sp³-hybridized carbons (Fsp3) is 0.280. The summed E-state index contributed by atoms with van der Waals surface area (Å²) in [4.78, 5) is 12.0. The van der Waals surface area contributed by atoms with Crippen LogP contribution in [-0.2, 0) is 16.1 Å². The van der Waals surface area contributed by atoms with E-state index in [0.29, 0.717) is 36.7 Å². The minimum Gasteiger partial charge on any atom is -0.489 e. The third-order valence-electron chi connectivity index (χ3n) is 4.89. The van der Waals surface area contributed by atoms with Crippen LogP contribution >= 0.6 is 11.3 Å². The van der Waals surface area contributed by atoms with E-state index >= 15 is 0 Å². The van der Waals surface area contributed by atoms with E-state index in [1.54, 1.807) is 36.5 Å². The molecule has 0 fully saturated rings. The lowest BCUT2D eigenvalue weighted by molar-refractivity contribution is -0.143. The zero-order valence-corrected chi connectivity index (χ0v) is 19.0. The Kier molecular flexibility index (Phi) is 8.69. The Morgan fingerprint density at radius 1 is 1.22 bits per heavy atom. The number of ether oxygens (including phenoxy) is 3. The molecule has 2 aromatic carbocycles. The lowest BCUT2D eigenvalue weighted by Crippen LogP contribution is -2.14. The standard InChI is InChI=1S/C25H27NO5S/c1-3-29-25(27)11-10-23(22-7-5-4-6-18(22)2)31-24-14-21(9-8-20(24)15-26-28)30-16-19-12-13-32-17-19/h4-9,12-15,17,23,28H,3,10-11,16H2,1-2H3. The monoisotopic (exact) mass is 453 g/mol. The molecule has 1 N–H and O–H groups in total. The number of nitrogens with zero attached hydrogens (tertiary/aromatic N) is 1. The molecule has 7 heteroatoms. The summed E-state index contributed by atoms with van der Waals surface area (Å²) < 4.78 is 17.4. The Labute approximate surface area is 192 Å². The van der Waals surface area contributed by atoms with Crippen LogP contribution in [0.3, 0.4) is 0 Å². The number of hydrogen-bond donors (Lipinski definition) is 1. The molecule has 0 saturated carbocycles. The summed E-state index contributed by atoms with van der Waals surface area (Å²) in [7, 11) is 0. The quantitative estimate of drug-likeness (QED) is 0.169. The van der Waals surface area contributed by atoms with Crippen molar-refractivity contribution in [1.82, 2.24) is 0 Å². The van der Waals surface area contributed by atoms with Gasteiger partial charge in [0.25, 0.3) is 0 Å². The van der Waals surface area contributed by atoms with E-state index in [0.717, 1.165) is 16.7 Å². The van der Waals surface area contributed by atoms with Gasteiger partial charge >= 0.3 is 5.97 Å². The van der Waals surface area contributed by atoms with E-state index in [9.17, 15) is 4.79 Å². The third kappa shape index (κ3) is 6.59. The van der Waals surface area contributed by atoms with Crippen molar-refractivity contribution in [2.24, 2.45) is 5.16 Å². The highest BCUT2D eigenvalue weighted by Gasteiger charge is 2.20. The molecule has 0 spiro atoms. The van der Waals surface area contributed by atoms with Crippen LogP contribution < -0.4 is 9.47 Å². The van der Waals surface area contributed by atoms with Crippen molar-refractivity contribution in [2.45, 2.75) is 39.4 Å². The summed E-state index contributed by atoms with van der Waals surface area (Å²) in [5, 5.41) is 16.3. The Morgan fingerprint density at radius 3 is 2.78 bits per heavy atom. The van der Waals surface area contributed by atoms with Gasteiger partial charge in [0.15, 0.2) is 0 Å². The van der Waals surface area contributed by atoms with Crippen LogP contribution in [0.25, 0.3) is 0 Å². The number of aryl methyl sites for hydroxylation is 1. The van der Waals surface area contributed by atoms with Gasteiger partial charge in [-0.15, -0.1) is 0 Å². The number of carbonyl (C=O) groups is 1. The van der Waals surface area contributed by atoms with Crippen LogP contribution in [0.15, 0.2) is 64.4 Å². The van der Waals surface area contributed by atoms with Crippen LogP contribution in [0, 0.1) is 6.92 Å². The second kappa shape index (κ2) is 11.9. The fourth-order valence-corrected chi connectivity index (χ4v) is 3.93. The molecule has 0 saturated heterocycles. The molecule has 32 heavy (non-hydrogen) atoms. The van der Waals surface area contributed by atoms with E-state index in [1.165, 1.54) is 6.21 Å². The zero-order valence-electron chi connectivity index (χ0n) is 18.2. The van der Waals surface area contributed by atoms with Crippen LogP contribution in [0.2, 0.25) is 0 Å². The molecule has 1 unspecified atom stereocenters. The molecular weight excluding hydrogens is 426 g/mol. The molecule has 0 aliphatic carbocycles.